The predicted octanol–water partition coefficient (Wildman–Crippen LogP) is 3.48. The molecule has 1 aliphatic rings. The summed E-state index contributed by atoms with van der Waals surface area (Å²) in [5, 5.41) is 2.65. The van der Waals surface area contributed by atoms with E-state index >= 15 is 0 Å². The molecule has 1 heterocycles. The van der Waals surface area contributed by atoms with Gasteiger partial charge in [-0.05, 0) is 36.8 Å². The number of ether oxygens (including phenoxy) is 2. The summed E-state index contributed by atoms with van der Waals surface area (Å²) in [7, 11) is 0. The third-order valence-corrected chi connectivity index (χ3v) is 4.38. The highest BCUT2D eigenvalue weighted by Gasteiger charge is 2.21. The number of rotatable bonds is 6. The summed E-state index contributed by atoms with van der Waals surface area (Å²) in [6, 6.07) is 10.8. The minimum Gasteiger partial charge on any atom is -0.462 e. The van der Waals surface area contributed by atoms with Crippen LogP contribution in [0, 0.1) is 5.82 Å². The van der Waals surface area contributed by atoms with Crippen molar-refractivity contribution in [3.63, 3.8) is 0 Å². The number of amides is 1. The van der Waals surface area contributed by atoms with Gasteiger partial charge in [-0.1, -0.05) is 19.1 Å². The molecule has 0 radical (unpaired) electrons. The minimum absolute atomic E-state index is 0.0603. The van der Waals surface area contributed by atoms with E-state index in [9.17, 15) is 14.0 Å². The highest BCUT2D eigenvalue weighted by Crippen LogP contribution is 2.27. The Kier molecular flexibility index (Phi) is 6.60. The standard InChI is InChI=1S/C21H23FN2O4/c1-2-11-28-21(26)17-14-15(7-8-19(17)24-9-12-27-13-10-24)23-20(25)16-5-3-4-6-18(16)22/h3-8,14H,2,9-13H2,1H3,(H,23,25). The van der Waals surface area contributed by atoms with Gasteiger partial charge < -0.3 is 19.7 Å². The van der Waals surface area contributed by atoms with Crippen LogP contribution in [0.2, 0.25) is 0 Å². The second-order valence-corrected chi connectivity index (χ2v) is 6.40. The number of esters is 1. The normalized spacial score (nSPS) is 13.9. The number of anilines is 2. The number of benzene rings is 2. The van der Waals surface area contributed by atoms with Crippen LogP contribution in [-0.2, 0) is 9.47 Å². The number of hydrogen-bond donors (Lipinski definition) is 1. The number of hydrogen-bond acceptors (Lipinski definition) is 5. The monoisotopic (exact) mass is 386 g/mol. The molecule has 6 nitrogen and oxygen atoms in total. The van der Waals surface area contributed by atoms with Gasteiger partial charge >= 0.3 is 5.97 Å². The molecule has 1 fully saturated rings. The first-order valence-electron chi connectivity index (χ1n) is 9.30. The third kappa shape index (κ3) is 4.67. The molecule has 0 aromatic heterocycles. The summed E-state index contributed by atoms with van der Waals surface area (Å²) in [6.07, 6.45) is 0.711. The van der Waals surface area contributed by atoms with Crippen LogP contribution in [0.3, 0.4) is 0 Å². The molecule has 1 N–H and O–H groups in total. The van der Waals surface area contributed by atoms with Crippen LogP contribution in [-0.4, -0.2) is 44.8 Å². The third-order valence-electron chi connectivity index (χ3n) is 4.38. The summed E-state index contributed by atoms with van der Waals surface area (Å²) >= 11 is 0. The van der Waals surface area contributed by atoms with Crippen LogP contribution < -0.4 is 10.2 Å². The molecule has 28 heavy (non-hydrogen) atoms. The van der Waals surface area contributed by atoms with E-state index < -0.39 is 17.7 Å². The van der Waals surface area contributed by atoms with E-state index in [1.54, 1.807) is 24.3 Å². The number of carbonyl (C=O) groups is 2. The van der Waals surface area contributed by atoms with Gasteiger partial charge in [0, 0.05) is 18.8 Å². The van der Waals surface area contributed by atoms with Gasteiger partial charge in [-0.25, -0.2) is 9.18 Å². The highest BCUT2D eigenvalue weighted by atomic mass is 19.1. The molecular weight excluding hydrogens is 363 g/mol. The molecule has 1 saturated heterocycles. The van der Waals surface area contributed by atoms with E-state index in [0.29, 0.717) is 50.6 Å². The molecule has 1 aliphatic heterocycles. The van der Waals surface area contributed by atoms with Gasteiger partial charge in [0.15, 0.2) is 0 Å². The maximum atomic E-state index is 13.8. The quantitative estimate of drug-likeness (QED) is 0.770. The zero-order valence-corrected chi connectivity index (χ0v) is 15.7. The molecular formula is C21H23FN2O4. The second-order valence-electron chi connectivity index (χ2n) is 6.40. The van der Waals surface area contributed by atoms with Gasteiger partial charge in [0.1, 0.15) is 5.82 Å². The lowest BCUT2D eigenvalue weighted by Crippen LogP contribution is -2.37. The highest BCUT2D eigenvalue weighted by molar-refractivity contribution is 6.05. The first kappa shape index (κ1) is 19.8. The smallest absolute Gasteiger partial charge is 0.340 e. The molecule has 0 atom stereocenters. The second kappa shape index (κ2) is 9.32. The Hall–Kier alpha value is -2.93. The van der Waals surface area contributed by atoms with Crippen molar-refractivity contribution in [2.45, 2.75) is 13.3 Å². The zero-order valence-electron chi connectivity index (χ0n) is 15.7. The minimum atomic E-state index is -0.604. The maximum absolute atomic E-state index is 13.8. The van der Waals surface area contributed by atoms with E-state index in [0.717, 1.165) is 5.69 Å². The Balaban J connectivity index is 1.87. The Labute approximate surface area is 163 Å². The fraction of sp³-hybridized carbons (Fsp3) is 0.333. The van der Waals surface area contributed by atoms with Crippen LogP contribution in [0.4, 0.5) is 15.8 Å². The molecule has 0 aliphatic carbocycles. The summed E-state index contributed by atoms with van der Waals surface area (Å²) in [5.41, 5.74) is 1.43. The largest absolute Gasteiger partial charge is 0.462 e. The topological polar surface area (TPSA) is 67.9 Å². The molecule has 7 heteroatoms. The van der Waals surface area contributed by atoms with E-state index in [-0.39, 0.29) is 5.56 Å². The lowest BCUT2D eigenvalue weighted by Gasteiger charge is -2.30. The summed E-state index contributed by atoms with van der Waals surface area (Å²) in [6.45, 7) is 4.71. The SMILES string of the molecule is CCCOC(=O)c1cc(NC(=O)c2ccccc2F)ccc1N1CCOCC1. The molecule has 2 aromatic rings. The Morgan fingerprint density at radius 3 is 2.61 bits per heavy atom. The average molecular weight is 386 g/mol. The van der Waals surface area contributed by atoms with Crippen LogP contribution in [0.15, 0.2) is 42.5 Å². The Morgan fingerprint density at radius 1 is 1.14 bits per heavy atom. The van der Waals surface area contributed by atoms with Crippen LogP contribution in [0.1, 0.15) is 34.1 Å². The summed E-state index contributed by atoms with van der Waals surface area (Å²) < 4.78 is 24.5. The van der Waals surface area contributed by atoms with Crippen LogP contribution in [0.25, 0.3) is 0 Å². The number of nitrogens with zero attached hydrogens (tertiary/aromatic N) is 1. The molecule has 1 amide bonds. The number of morpholine rings is 1. The van der Waals surface area contributed by atoms with Crippen molar-refractivity contribution in [2.24, 2.45) is 0 Å². The van der Waals surface area contributed by atoms with Gasteiger partial charge in [0.25, 0.3) is 5.91 Å². The number of nitrogens with one attached hydrogen (secondary N) is 1. The van der Waals surface area contributed by atoms with Crippen molar-refractivity contribution in [1.82, 2.24) is 0 Å². The van der Waals surface area contributed by atoms with Gasteiger partial charge in [-0.15, -0.1) is 0 Å². The predicted molar refractivity (Wildman–Crippen MR) is 104 cm³/mol. The fourth-order valence-electron chi connectivity index (χ4n) is 2.97. The molecule has 0 saturated carbocycles. The molecule has 0 bridgehead atoms. The first-order chi connectivity index (χ1) is 13.6. The lowest BCUT2D eigenvalue weighted by molar-refractivity contribution is 0.0504. The molecule has 148 valence electrons. The Morgan fingerprint density at radius 2 is 1.89 bits per heavy atom. The van der Waals surface area contributed by atoms with Crippen molar-refractivity contribution < 1.29 is 23.5 Å². The first-order valence-corrected chi connectivity index (χ1v) is 9.30. The van der Waals surface area contributed by atoms with Crippen LogP contribution in [0.5, 0.6) is 0 Å². The van der Waals surface area contributed by atoms with Crippen molar-refractivity contribution in [1.29, 1.82) is 0 Å². The number of halogens is 1. The summed E-state index contributed by atoms with van der Waals surface area (Å²) in [5.74, 6) is -1.64. The molecule has 2 aromatic carbocycles. The van der Waals surface area contributed by atoms with Gasteiger partial charge in [0.05, 0.1) is 36.6 Å². The summed E-state index contributed by atoms with van der Waals surface area (Å²) in [4.78, 5) is 27.0. The van der Waals surface area contributed by atoms with Gasteiger partial charge in [0.2, 0.25) is 0 Å². The van der Waals surface area contributed by atoms with Gasteiger partial charge in [-0.2, -0.15) is 0 Å². The van der Waals surface area contributed by atoms with Crippen LogP contribution >= 0.6 is 0 Å². The molecule has 0 spiro atoms. The van der Waals surface area contributed by atoms with Crippen molar-refractivity contribution in [2.75, 3.05) is 43.1 Å². The fourth-order valence-corrected chi connectivity index (χ4v) is 2.97. The van der Waals surface area contributed by atoms with E-state index in [4.69, 9.17) is 9.47 Å². The van der Waals surface area contributed by atoms with E-state index in [1.807, 2.05) is 6.92 Å². The van der Waals surface area contributed by atoms with Gasteiger partial charge in [-0.3, -0.25) is 4.79 Å². The van der Waals surface area contributed by atoms with Crippen molar-refractivity contribution in [3.05, 3.63) is 59.4 Å². The average Bonchev–Trinajstić information content (AvgIpc) is 2.73. The Bertz CT molecular complexity index is 850. The maximum Gasteiger partial charge on any atom is 0.340 e. The van der Waals surface area contributed by atoms with Crippen molar-refractivity contribution >= 4 is 23.3 Å². The zero-order chi connectivity index (χ0) is 19.9. The molecule has 0 unspecified atom stereocenters. The molecule has 3 rings (SSSR count). The van der Waals surface area contributed by atoms with Crippen molar-refractivity contribution in [3.8, 4) is 0 Å². The van der Waals surface area contributed by atoms with E-state index in [1.165, 1.54) is 18.2 Å². The van der Waals surface area contributed by atoms with E-state index in [2.05, 4.69) is 10.2 Å². The number of carbonyl (C=O) groups excluding carboxylic acids is 2. The lowest BCUT2D eigenvalue weighted by atomic mass is 10.1.